The summed E-state index contributed by atoms with van der Waals surface area (Å²) in [6, 6.07) is 18.0. The predicted octanol–water partition coefficient (Wildman–Crippen LogP) is 4.27. The standard InChI is InChI=1S/C19H22O2/c1-2-7-17-13-19(17,20)16-10-6-11-18(12-16)21-14-15-8-4-3-5-9-15/h3-6,8-12,17,20H,2,7,13-14H2,1H3. The minimum atomic E-state index is -0.623. The summed E-state index contributed by atoms with van der Waals surface area (Å²) < 4.78 is 5.84. The molecule has 0 aromatic heterocycles. The zero-order valence-corrected chi connectivity index (χ0v) is 12.5. The second-order valence-electron chi connectivity index (χ2n) is 5.92. The third kappa shape index (κ3) is 3.11. The highest BCUT2D eigenvalue weighted by Gasteiger charge is 2.53. The molecule has 2 atom stereocenters. The summed E-state index contributed by atoms with van der Waals surface area (Å²) in [4.78, 5) is 0. The summed E-state index contributed by atoms with van der Waals surface area (Å²) in [5, 5.41) is 10.6. The van der Waals surface area contributed by atoms with E-state index in [0.29, 0.717) is 12.5 Å². The molecule has 1 aliphatic carbocycles. The summed E-state index contributed by atoms with van der Waals surface area (Å²) in [6.07, 6.45) is 3.09. The molecule has 1 fully saturated rings. The topological polar surface area (TPSA) is 29.5 Å². The fourth-order valence-corrected chi connectivity index (χ4v) is 2.96. The van der Waals surface area contributed by atoms with E-state index in [0.717, 1.165) is 36.1 Å². The molecule has 1 saturated carbocycles. The smallest absolute Gasteiger partial charge is 0.120 e. The normalized spacial score (nSPS) is 23.8. The monoisotopic (exact) mass is 282 g/mol. The molecule has 3 rings (SSSR count). The van der Waals surface area contributed by atoms with Crippen LogP contribution in [0.25, 0.3) is 0 Å². The summed E-state index contributed by atoms with van der Waals surface area (Å²) in [7, 11) is 0. The Morgan fingerprint density at radius 2 is 1.95 bits per heavy atom. The van der Waals surface area contributed by atoms with Gasteiger partial charge in [0, 0.05) is 0 Å². The molecule has 21 heavy (non-hydrogen) atoms. The third-order valence-corrected chi connectivity index (χ3v) is 4.29. The Hall–Kier alpha value is -1.80. The van der Waals surface area contributed by atoms with E-state index < -0.39 is 5.60 Å². The van der Waals surface area contributed by atoms with Crippen LogP contribution in [0.2, 0.25) is 0 Å². The highest BCUT2D eigenvalue weighted by atomic mass is 16.5. The van der Waals surface area contributed by atoms with Gasteiger partial charge in [-0.15, -0.1) is 0 Å². The van der Waals surface area contributed by atoms with Gasteiger partial charge in [-0.3, -0.25) is 0 Å². The summed E-state index contributed by atoms with van der Waals surface area (Å²) in [6.45, 7) is 2.72. The van der Waals surface area contributed by atoms with Crippen LogP contribution < -0.4 is 4.74 Å². The first-order valence-electron chi connectivity index (χ1n) is 7.72. The zero-order valence-electron chi connectivity index (χ0n) is 12.5. The molecule has 2 aromatic rings. The molecule has 0 aliphatic heterocycles. The lowest BCUT2D eigenvalue weighted by atomic mass is 10.0. The predicted molar refractivity (Wildman–Crippen MR) is 84.1 cm³/mol. The van der Waals surface area contributed by atoms with Crippen molar-refractivity contribution in [1.29, 1.82) is 0 Å². The van der Waals surface area contributed by atoms with E-state index in [1.165, 1.54) is 0 Å². The van der Waals surface area contributed by atoms with E-state index in [1.807, 2.05) is 42.5 Å². The van der Waals surface area contributed by atoms with Crippen molar-refractivity contribution in [3.8, 4) is 5.75 Å². The van der Waals surface area contributed by atoms with Crippen LogP contribution in [0.3, 0.4) is 0 Å². The van der Waals surface area contributed by atoms with Crippen molar-refractivity contribution in [1.82, 2.24) is 0 Å². The van der Waals surface area contributed by atoms with Gasteiger partial charge in [0.15, 0.2) is 0 Å². The maximum Gasteiger partial charge on any atom is 0.120 e. The molecule has 1 aliphatic rings. The lowest BCUT2D eigenvalue weighted by molar-refractivity contribution is 0.128. The number of rotatable bonds is 6. The van der Waals surface area contributed by atoms with Crippen molar-refractivity contribution in [3.05, 3.63) is 65.7 Å². The molecule has 1 N–H and O–H groups in total. The van der Waals surface area contributed by atoms with Crippen LogP contribution in [0.15, 0.2) is 54.6 Å². The van der Waals surface area contributed by atoms with Crippen LogP contribution in [0.4, 0.5) is 0 Å². The van der Waals surface area contributed by atoms with E-state index in [4.69, 9.17) is 4.74 Å². The molecular weight excluding hydrogens is 260 g/mol. The average Bonchev–Trinajstić information content (AvgIpc) is 3.19. The molecule has 2 unspecified atom stereocenters. The van der Waals surface area contributed by atoms with Crippen molar-refractivity contribution >= 4 is 0 Å². The first kappa shape index (κ1) is 14.2. The summed E-state index contributed by atoms with van der Waals surface area (Å²) in [5.41, 5.74) is 1.52. The van der Waals surface area contributed by atoms with E-state index in [1.54, 1.807) is 0 Å². The van der Waals surface area contributed by atoms with Crippen molar-refractivity contribution in [2.24, 2.45) is 5.92 Å². The fourth-order valence-electron chi connectivity index (χ4n) is 2.96. The van der Waals surface area contributed by atoms with Crippen LogP contribution in [0, 0.1) is 5.92 Å². The first-order chi connectivity index (χ1) is 10.2. The Kier molecular flexibility index (Phi) is 3.98. The van der Waals surface area contributed by atoms with Crippen LogP contribution in [0.5, 0.6) is 5.75 Å². The van der Waals surface area contributed by atoms with Crippen LogP contribution in [-0.4, -0.2) is 5.11 Å². The van der Waals surface area contributed by atoms with Gasteiger partial charge in [-0.25, -0.2) is 0 Å². The van der Waals surface area contributed by atoms with Gasteiger partial charge in [-0.2, -0.15) is 0 Å². The molecule has 110 valence electrons. The molecule has 0 radical (unpaired) electrons. The Morgan fingerprint density at radius 3 is 2.71 bits per heavy atom. The third-order valence-electron chi connectivity index (χ3n) is 4.29. The number of aliphatic hydroxyl groups is 1. The fraction of sp³-hybridized carbons (Fsp3) is 0.368. The molecule has 0 amide bonds. The van der Waals surface area contributed by atoms with Crippen molar-refractivity contribution in [3.63, 3.8) is 0 Å². The van der Waals surface area contributed by atoms with Gasteiger partial charge >= 0.3 is 0 Å². The quantitative estimate of drug-likeness (QED) is 0.857. The van der Waals surface area contributed by atoms with Crippen LogP contribution in [0.1, 0.15) is 37.3 Å². The minimum Gasteiger partial charge on any atom is -0.489 e. The Bertz CT molecular complexity index is 594. The largest absolute Gasteiger partial charge is 0.489 e. The van der Waals surface area contributed by atoms with Crippen LogP contribution in [-0.2, 0) is 12.2 Å². The zero-order chi connectivity index (χ0) is 14.7. The number of ether oxygens (including phenoxy) is 1. The van der Waals surface area contributed by atoms with Crippen molar-refractivity contribution in [2.75, 3.05) is 0 Å². The molecule has 0 bridgehead atoms. The van der Waals surface area contributed by atoms with Gasteiger partial charge < -0.3 is 9.84 Å². The Morgan fingerprint density at radius 1 is 1.14 bits per heavy atom. The van der Waals surface area contributed by atoms with Gasteiger partial charge in [0.1, 0.15) is 12.4 Å². The maximum atomic E-state index is 10.6. The van der Waals surface area contributed by atoms with Gasteiger partial charge in [-0.05, 0) is 42.0 Å². The van der Waals surface area contributed by atoms with Gasteiger partial charge in [-0.1, -0.05) is 55.8 Å². The lowest BCUT2D eigenvalue weighted by Crippen LogP contribution is -2.09. The molecule has 2 aromatic carbocycles. The average molecular weight is 282 g/mol. The molecule has 2 heteroatoms. The Labute approximate surface area is 126 Å². The van der Waals surface area contributed by atoms with Gasteiger partial charge in [0.25, 0.3) is 0 Å². The van der Waals surface area contributed by atoms with E-state index in [-0.39, 0.29) is 0 Å². The second-order valence-corrected chi connectivity index (χ2v) is 5.92. The number of hydrogen-bond acceptors (Lipinski definition) is 2. The first-order valence-corrected chi connectivity index (χ1v) is 7.72. The summed E-state index contributed by atoms with van der Waals surface area (Å²) >= 11 is 0. The van der Waals surface area contributed by atoms with E-state index in [9.17, 15) is 5.11 Å². The van der Waals surface area contributed by atoms with Crippen LogP contribution >= 0.6 is 0 Å². The molecule has 0 spiro atoms. The van der Waals surface area contributed by atoms with Crippen molar-refractivity contribution < 1.29 is 9.84 Å². The second kappa shape index (κ2) is 5.90. The van der Waals surface area contributed by atoms with Gasteiger partial charge in [0.05, 0.1) is 5.60 Å². The van der Waals surface area contributed by atoms with E-state index >= 15 is 0 Å². The maximum absolute atomic E-state index is 10.6. The SMILES string of the molecule is CCCC1CC1(O)c1cccc(OCc2ccccc2)c1. The molecule has 0 saturated heterocycles. The Balaban J connectivity index is 1.67. The highest BCUT2D eigenvalue weighted by molar-refractivity contribution is 5.36. The number of benzene rings is 2. The minimum absolute atomic E-state index is 0.409. The van der Waals surface area contributed by atoms with Crippen molar-refractivity contribution in [2.45, 2.75) is 38.4 Å². The highest BCUT2D eigenvalue weighted by Crippen LogP contribution is 2.54. The molecule has 2 nitrogen and oxygen atoms in total. The number of hydrogen-bond donors (Lipinski definition) is 1. The lowest BCUT2D eigenvalue weighted by Gasteiger charge is -2.13. The van der Waals surface area contributed by atoms with Gasteiger partial charge in [0.2, 0.25) is 0 Å². The summed E-state index contributed by atoms with van der Waals surface area (Å²) in [5.74, 6) is 1.23. The van der Waals surface area contributed by atoms with E-state index in [2.05, 4.69) is 19.1 Å². The molecular formula is C19H22O2. The molecule has 0 heterocycles.